The van der Waals surface area contributed by atoms with Crippen LogP contribution in [0, 0.1) is 0 Å². The van der Waals surface area contributed by atoms with Gasteiger partial charge >= 0.3 is 0 Å². The molecular weight excluding hydrogens is 340 g/mol. The molecule has 25 heavy (non-hydrogen) atoms. The highest BCUT2D eigenvalue weighted by atomic mass is 35.5. The summed E-state index contributed by atoms with van der Waals surface area (Å²) in [4.78, 5) is 13.7. The summed E-state index contributed by atoms with van der Waals surface area (Å²) in [5.41, 5.74) is 1.71. The van der Waals surface area contributed by atoms with Crippen LogP contribution in [0.3, 0.4) is 0 Å². The molecule has 0 aliphatic carbocycles. The van der Waals surface area contributed by atoms with Crippen LogP contribution in [0.2, 0.25) is 5.02 Å². The predicted octanol–water partition coefficient (Wildman–Crippen LogP) is 4.03. The van der Waals surface area contributed by atoms with Gasteiger partial charge in [-0.15, -0.1) is 0 Å². The number of hydrogen-bond acceptors (Lipinski definition) is 4. The van der Waals surface area contributed by atoms with Crippen molar-refractivity contribution in [2.75, 3.05) is 13.7 Å². The molecule has 2 aromatic carbocycles. The Hall–Kier alpha value is -2.79. The van der Waals surface area contributed by atoms with Crippen LogP contribution in [-0.4, -0.2) is 29.6 Å². The minimum Gasteiger partial charge on any atom is -0.484 e. The highest BCUT2D eigenvalue weighted by molar-refractivity contribution is 6.30. The summed E-state index contributed by atoms with van der Waals surface area (Å²) in [5, 5.41) is 4.66. The summed E-state index contributed by atoms with van der Waals surface area (Å²) >= 11 is 5.81. The van der Waals surface area contributed by atoms with Gasteiger partial charge in [-0.25, -0.2) is 0 Å². The molecule has 0 bridgehead atoms. The van der Waals surface area contributed by atoms with Crippen molar-refractivity contribution >= 4 is 17.5 Å². The Balaban J connectivity index is 1.54. The molecule has 0 unspecified atom stereocenters. The van der Waals surface area contributed by atoms with E-state index in [0.29, 0.717) is 23.1 Å². The standard InChI is InChI=1S/C19H17ClN2O3/c1-22(19(23)13-24-16-9-7-15(20)8-10-16)12-17-11-18(21-25-17)14-5-3-2-4-6-14/h2-11H,12-13H2,1H3. The Labute approximate surface area is 150 Å². The Morgan fingerprint density at radius 2 is 1.88 bits per heavy atom. The largest absolute Gasteiger partial charge is 0.484 e. The summed E-state index contributed by atoms with van der Waals surface area (Å²) in [6.07, 6.45) is 0. The minimum atomic E-state index is -0.160. The second kappa shape index (κ2) is 7.85. The number of carbonyl (C=O) groups is 1. The number of ether oxygens (including phenoxy) is 1. The monoisotopic (exact) mass is 356 g/mol. The number of nitrogens with zero attached hydrogens (tertiary/aromatic N) is 2. The molecule has 5 nitrogen and oxygen atoms in total. The number of rotatable bonds is 6. The lowest BCUT2D eigenvalue weighted by atomic mass is 10.1. The van der Waals surface area contributed by atoms with Crippen LogP contribution in [0.5, 0.6) is 5.75 Å². The van der Waals surface area contributed by atoms with Gasteiger partial charge in [0.15, 0.2) is 12.4 Å². The van der Waals surface area contributed by atoms with Crippen LogP contribution >= 0.6 is 11.6 Å². The first-order chi connectivity index (χ1) is 12.1. The first kappa shape index (κ1) is 17.0. The molecule has 0 atom stereocenters. The molecule has 3 rings (SSSR count). The van der Waals surface area contributed by atoms with E-state index in [4.69, 9.17) is 20.9 Å². The number of aromatic nitrogens is 1. The number of likely N-dealkylation sites (N-methyl/N-ethyl adjacent to an activating group) is 1. The summed E-state index contributed by atoms with van der Waals surface area (Å²) in [6.45, 7) is 0.264. The van der Waals surface area contributed by atoms with Crippen LogP contribution in [0.4, 0.5) is 0 Å². The van der Waals surface area contributed by atoms with Gasteiger partial charge < -0.3 is 14.2 Å². The van der Waals surface area contributed by atoms with Crippen molar-refractivity contribution in [1.82, 2.24) is 10.1 Å². The fourth-order valence-corrected chi connectivity index (χ4v) is 2.37. The van der Waals surface area contributed by atoms with Gasteiger partial charge in [0, 0.05) is 23.7 Å². The van der Waals surface area contributed by atoms with E-state index in [1.165, 1.54) is 4.90 Å². The Morgan fingerprint density at radius 1 is 1.16 bits per heavy atom. The summed E-state index contributed by atoms with van der Waals surface area (Å²) < 4.78 is 10.8. The maximum absolute atomic E-state index is 12.2. The van der Waals surface area contributed by atoms with Gasteiger partial charge in [-0.3, -0.25) is 4.79 Å². The lowest BCUT2D eigenvalue weighted by molar-refractivity contribution is -0.132. The molecule has 0 spiro atoms. The van der Waals surface area contributed by atoms with Crippen LogP contribution in [0.1, 0.15) is 5.76 Å². The van der Waals surface area contributed by atoms with Gasteiger partial charge in [0.1, 0.15) is 11.4 Å². The van der Waals surface area contributed by atoms with Crippen molar-refractivity contribution < 1.29 is 14.1 Å². The molecule has 0 aliphatic heterocycles. The lowest BCUT2D eigenvalue weighted by Crippen LogP contribution is -2.30. The average molecular weight is 357 g/mol. The van der Waals surface area contributed by atoms with E-state index in [-0.39, 0.29) is 12.5 Å². The molecule has 0 saturated heterocycles. The van der Waals surface area contributed by atoms with Crippen LogP contribution in [0.15, 0.2) is 65.2 Å². The molecule has 3 aromatic rings. The summed E-state index contributed by atoms with van der Waals surface area (Å²) in [7, 11) is 1.69. The van der Waals surface area contributed by atoms with Crippen molar-refractivity contribution in [2.45, 2.75) is 6.54 Å². The maximum Gasteiger partial charge on any atom is 0.260 e. The average Bonchev–Trinajstić information content (AvgIpc) is 3.10. The Kier molecular flexibility index (Phi) is 5.36. The van der Waals surface area contributed by atoms with Gasteiger partial charge in [0.25, 0.3) is 5.91 Å². The first-order valence-electron chi connectivity index (χ1n) is 7.75. The van der Waals surface area contributed by atoms with E-state index in [0.717, 1.165) is 11.3 Å². The van der Waals surface area contributed by atoms with Gasteiger partial charge in [-0.05, 0) is 24.3 Å². The summed E-state index contributed by atoms with van der Waals surface area (Å²) in [5.74, 6) is 1.05. The number of carbonyl (C=O) groups excluding carboxylic acids is 1. The van der Waals surface area contributed by atoms with Gasteiger partial charge in [0.05, 0.1) is 6.54 Å². The van der Waals surface area contributed by atoms with Gasteiger partial charge in [-0.2, -0.15) is 0 Å². The number of benzene rings is 2. The lowest BCUT2D eigenvalue weighted by Gasteiger charge is -2.15. The zero-order chi connectivity index (χ0) is 17.6. The molecule has 128 valence electrons. The third kappa shape index (κ3) is 4.61. The third-order valence-corrected chi connectivity index (χ3v) is 3.88. The van der Waals surface area contributed by atoms with Gasteiger partial charge in [0.2, 0.25) is 0 Å². The predicted molar refractivity (Wildman–Crippen MR) is 95.4 cm³/mol. The van der Waals surface area contributed by atoms with Crippen LogP contribution < -0.4 is 4.74 Å². The van der Waals surface area contributed by atoms with Crippen LogP contribution in [-0.2, 0) is 11.3 Å². The molecular formula is C19H17ClN2O3. The zero-order valence-electron chi connectivity index (χ0n) is 13.7. The van der Waals surface area contributed by atoms with E-state index in [1.807, 2.05) is 36.4 Å². The molecule has 6 heteroatoms. The third-order valence-electron chi connectivity index (χ3n) is 3.62. The highest BCUT2D eigenvalue weighted by Crippen LogP contribution is 2.19. The quantitative estimate of drug-likeness (QED) is 0.669. The van der Waals surface area contributed by atoms with Crippen LogP contribution in [0.25, 0.3) is 11.3 Å². The fraction of sp³-hybridized carbons (Fsp3) is 0.158. The number of hydrogen-bond donors (Lipinski definition) is 0. The molecule has 1 aromatic heterocycles. The second-order valence-electron chi connectivity index (χ2n) is 5.54. The fourth-order valence-electron chi connectivity index (χ4n) is 2.24. The SMILES string of the molecule is CN(Cc1cc(-c2ccccc2)no1)C(=O)COc1ccc(Cl)cc1. The molecule has 0 saturated carbocycles. The molecule has 0 N–H and O–H groups in total. The molecule has 0 aliphatic rings. The molecule has 1 heterocycles. The van der Waals surface area contributed by atoms with Crippen molar-refractivity contribution in [3.8, 4) is 17.0 Å². The Morgan fingerprint density at radius 3 is 2.60 bits per heavy atom. The smallest absolute Gasteiger partial charge is 0.260 e. The van der Waals surface area contributed by atoms with E-state index in [9.17, 15) is 4.79 Å². The van der Waals surface area contributed by atoms with E-state index in [1.54, 1.807) is 31.3 Å². The number of halogens is 1. The van der Waals surface area contributed by atoms with Crippen molar-refractivity contribution in [2.24, 2.45) is 0 Å². The Bertz CT molecular complexity index is 831. The van der Waals surface area contributed by atoms with E-state index in [2.05, 4.69) is 5.16 Å². The summed E-state index contributed by atoms with van der Waals surface area (Å²) in [6, 6.07) is 18.4. The van der Waals surface area contributed by atoms with E-state index < -0.39 is 0 Å². The maximum atomic E-state index is 12.2. The van der Waals surface area contributed by atoms with Crippen molar-refractivity contribution in [3.05, 3.63) is 71.4 Å². The topological polar surface area (TPSA) is 55.6 Å². The van der Waals surface area contributed by atoms with Crippen molar-refractivity contribution in [1.29, 1.82) is 0 Å². The van der Waals surface area contributed by atoms with E-state index >= 15 is 0 Å². The zero-order valence-corrected chi connectivity index (χ0v) is 14.4. The molecule has 0 radical (unpaired) electrons. The molecule has 0 fully saturated rings. The minimum absolute atomic E-state index is 0.0577. The first-order valence-corrected chi connectivity index (χ1v) is 8.13. The number of amides is 1. The second-order valence-corrected chi connectivity index (χ2v) is 5.97. The van der Waals surface area contributed by atoms with Crippen molar-refractivity contribution in [3.63, 3.8) is 0 Å². The molecule has 1 amide bonds. The van der Waals surface area contributed by atoms with Gasteiger partial charge in [-0.1, -0.05) is 47.1 Å². The highest BCUT2D eigenvalue weighted by Gasteiger charge is 2.14. The normalized spacial score (nSPS) is 10.5.